The lowest BCUT2D eigenvalue weighted by Crippen LogP contribution is -2.43. The molecule has 23 heavy (non-hydrogen) atoms. The van der Waals surface area contributed by atoms with Crippen LogP contribution in [-0.2, 0) is 19.6 Å². The van der Waals surface area contributed by atoms with Gasteiger partial charge in [0.15, 0.2) is 0 Å². The molecule has 1 atom stereocenters. The highest BCUT2D eigenvalue weighted by Crippen LogP contribution is 2.18. The van der Waals surface area contributed by atoms with Gasteiger partial charge in [-0.15, -0.1) is 0 Å². The number of methoxy groups -OCH3 is 1. The van der Waals surface area contributed by atoms with Gasteiger partial charge in [0.05, 0.1) is 24.7 Å². The van der Waals surface area contributed by atoms with Crippen LogP contribution in [0.15, 0.2) is 29.2 Å². The summed E-state index contributed by atoms with van der Waals surface area (Å²) in [4.78, 5) is 12.0. The summed E-state index contributed by atoms with van der Waals surface area (Å²) >= 11 is 0. The molecule has 0 aromatic heterocycles. The van der Waals surface area contributed by atoms with Gasteiger partial charge in [0.2, 0.25) is 15.9 Å². The molecule has 8 heteroatoms. The number of sulfonamides is 1. The molecule has 1 N–H and O–H groups in total. The van der Waals surface area contributed by atoms with Crippen LogP contribution in [0.3, 0.4) is 0 Å². The van der Waals surface area contributed by atoms with Crippen LogP contribution < -0.4 is 10.1 Å². The fourth-order valence-electron chi connectivity index (χ4n) is 1.95. The molecule has 0 saturated heterocycles. The number of hydrogen-bond donors (Lipinski definition) is 1. The van der Waals surface area contributed by atoms with Crippen LogP contribution in [-0.4, -0.2) is 58.6 Å². The maximum atomic E-state index is 12.4. The summed E-state index contributed by atoms with van der Waals surface area (Å²) in [5.41, 5.74) is 0. The molecule has 0 radical (unpaired) electrons. The van der Waals surface area contributed by atoms with Crippen LogP contribution in [0.5, 0.6) is 5.75 Å². The maximum absolute atomic E-state index is 12.4. The van der Waals surface area contributed by atoms with Crippen LogP contribution in [0.25, 0.3) is 0 Å². The van der Waals surface area contributed by atoms with Crippen molar-refractivity contribution in [3.05, 3.63) is 24.3 Å². The van der Waals surface area contributed by atoms with E-state index in [2.05, 4.69) is 5.32 Å². The predicted molar refractivity (Wildman–Crippen MR) is 86.9 cm³/mol. The van der Waals surface area contributed by atoms with Gasteiger partial charge in [-0.1, -0.05) is 0 Å². The average Bonchev–Trinajstić information content (AvgIpc) is 2.48. The lowest BCUT2D eigenvalue weighted by atomic mass is 10.3. The first-order valence-electron chi connectivity index (χ1n) is 7.28. The van der Waals surface area contributed by atoms with Crippen LogP contribution >= 0.6 is 0 Å². The molecular weight excluding hydrogens is 320 g/mol. The van der Waals surface area contributed by atoms with E-state index in [4.69, 9.17) is 9.47 Å². The molecule has 1 aromatic rings. The Morgan fingerprint density at radius 2 is 1.91 bits per heavy atom. The summed E-state index contributed by atoms with van der Waals surface area (Å²) in [5, 5.41) is 2.67. The van der Waals surface area contributed by atoms with Gasteiger partial charge in [-0.25, -0.2) is 8.42 Å². The van der Waals surface area contributed by atoms with Gasteiger partial charge in [-0.3, -0.25) is 4.79 Å². The summed E-state index contributed by atoms with van der Waals surface area (Å²) < 4.78 is 36.1. The lowest BCUT2D eigenvalue weighted by molar-refractivity contribution is -0.122. The van der Waals surface area contributed by atoms with E-state index in [0.29, 0.717) is 19.0 Å². The standard InChI is InChI=1S/C15H24N2O5S/c1-5-22-13-6-8-14(9-7-13)23(19,20)17(3)10-15(18)16-12(2)11-21-4/h6-9,12H,5,10-11H2,1-4H3,(H,16,18)/t12-/m0/s1. The lowest BCUT2D eigenvalue weighted by Gasteiger charge is -2.19. The fourth-order valence-corrected chi connectivity index (χ4v) is 3.08. The first kappa shape index (κ1) is 19.4. The Labute approximate surface area is 137 Å². The summed E-state index contributed by atoms with van der Waals surface area (Å²) in [6.07, 6.45) is 0. The van der Waals surface area contributed by atoms with E-state index in [9.17, 15) is 13.2 Å². The summed E-state index contributed by atoms with van der Waals surface area (Å²) in [5.74, 6) is 0.215. The minimum Gasteiger partial charge on any atom is -0.494 e. The minimum atomic E-state index is -3.73. The molecule has 0 saturated carbocycles. The average molecular weight is 344 g/mol. The molecule has 0 aliphatic heterocycles. The molecule has 1 rings (SSSR count). The van der Waals surface area contributed by atoms with E-state index >= 15 is 0 Å². The number of likely N-dealkylation sites (N-methyl/N-ethyl adjacent to an activating group) is 1. The van der Waals surface area contributed by atoms with E-state index in [1.165, 1.54) is 26.3 Å². The Bertz CT molecular complexity index is 601. The van der Waals surface area contributed by atoms with Crippen LogP contribution in [0.2, 0.25) is 0 Å². The number of hydrogen-bond acceptors (Lipinski definition) is 5. The third-order valence-corrected chi connectivity index (χ3v) is 4.85. The van der Waals surface area contributed by atoms with Gasteiger partial charge < -0.3 is 14.8 Å². The molecule has 0 spiro atoms. The number of amides is 1. The largest absolute Gasteiger partial charge is 0.494 e. The zero-order chi connectivity index (χ0) is 17.5. The number of carbonyl (C=O) groups excluding carboxylic acids is 1. The Morgan fingerprint density at radius 1 is 1.30 bits per heavy atom. The second kappa shape index (κ2) is 8.85. The highest BCUT2D eigenvalue weighted by molar-refractivity contribution is 7.89. The number of rotatable bonds is 9. The molecule has 0 fully saturated rings. The zero-order valence-corrected chi connectivity index (χ0v) is 14.7. The van der Waals surface area contributed by atoms with E-state index in [-0.39, 0.29) is 23.4 Å². The van der Waals surface area contributed by atoms with E-state index in [0.717, 1.165) is 4.31 Å². The highest BCUT2D eigenvalue weighted by atomic mass is 32.2. The van der Waals surface area contributed by atoms with Gasteiger partial charge in [0.1, 0.15) is 5.75 Å². The third-order valence-electron chi connectivity index (χ3n) is 3.03. The molecule has 7 nitrogen and oxygen atoms in total. The number of nitrogens with zero attached hydrogens (tertiary/aromatic N) is 1. The van der Waals surface area contributed by atoms with Crippen molar-refractivity contribution in [1.82, 2.24) is 9.62 Å². The van der Waals surface area contributed by atoms with Crippen molar-refractivity contribution in [2.75, 3.05) is 33.9 Å². The Morgan fingerprint density at radius 3 is 2.43 bits per heavy atom. The summed E-state index contributed by atoms with van der Waals surface area (Å²) in [7, 11) is -0.828. The second-order valence-electron chi connectivity index (χ2n) is 5.09. The van der Waals surface area contributed by atoms with Crippen molar-refractivity contribution in [3.63, 3.8) is 0 Å². The number of benzene rings is 1. The van der Waals surface area contributed by atoms with E-state index in [1.54, 1.807) is 19.1 Å². The monoisotopic (exact) mass is 344 g/mol. The van der Waals surface area contributed by atoms with Gasteiger partial charge >= 0.3 is 0 Å². The number of ether oxygens (including phenoxy) is 2. The van der Waals surface area contributed by atoms with Gasteiger partial charge in [-0.2, -0.15) is 4.31 Å². The molecule has 0 unspecified atom stereocenters. The molecule has 1 amide bonds. The number of nitrogens with one attached hydrogen (secondary N) is 1. The predicted octanol–water partition coefficient (Wildman–Crippen LogP) is 0.857. The Kier molecular flexibility index (Phi) is 7.47. The molecule has 130 valence electrons. The molecule has 0 heterocycles. The molecule has 0 aliphatic rings. The van der Waals surface area contributed by atoms with Crippen molar-refractivity contribution in [2.24, 2.45) is 0 Å². The maximum Gasteiger partial charge on any atom is 0.243 e. The smallest absolute Gasteiger partial charge is 0.243 e. The Hall–Kier alpha value is -1.64. The first-order valence-corrected chi connectivity index (χ1v) is 8.72. The van der Waals surface area contributed by atoms with E-state index in [1.807, 2.05) is 6.92 Å². The normalized spacial score (nSPS) is 12.9. The SMILES string of the molecule is CCOc1ccc(S(=O)(=O)N(C)CC(=O)N[C@@H](C)COC)cc1. The van der Waals surface area contributed by atoms with Crippen molar-refractivity contribution in [3.8, 4) is 5.75 Å². The number of carbonyl (C=O) groups is 1. The molecule has 0 bridgehead atoms. The molecular formula is C15H24N2O5S. The quantitative estimate of drug-likeness (QED) is 0.718. The summed E-state index contributed by atoms with van der Waals surface area (Å²) in [6.45, 7) is 4.24. The Balaban J connectivity index is 2.73. The minimum absolute atomic E-state index is 0.112. The van der Waals surface area contributed by atoms with Gasteiger partial charge in [0.25, 0.3) is 0 Å². The highest BCUT2D eigenvalue weighted by Gasteiger charge is 2.23. The van der Waals surface area contributed by atoms with Crippen molar-refractivity contribution >= 4 is 15.9 Å². The second-order valence-corrected chi connectivity index (χ2v) is 7.13. The fraction of sp³-hybridized carbons (Fsp3) is 0.533. The molecule has 1 aromatic carbocycles. The first-order chi connectivity index (χ1) is 10.8. The van der Waals surface area contributed by atoms with Crippen LogP contribution in [0.1, 0.15) is 13.8 Å². The zero-order valence-electron chi connectivity index (χ0n) is 13.9. The van der Waals surface area contributed by atoms with Crippen LogP contribution in [0.4, 0.5) is 0 Å². The third kappa shape index (κ3) is 5.81. The molecule has 0 aliphatic carbocycles. The van der Waals surface area contributed by atoms with Gasteiger partial charge in [0, 0.05) is 20.2 Å². The summed E-state index contributed by atoms with van der Waals surface area (Å²) in [6, 6.07) is 5.91. The van der Waals surface area contributed by atoms with Crippen molar-refractivity contribution in [2.45, 2.75) is 24.8 Å². The van der Waals surface area contributed by atoms with Crippen LogP contribution in [0, 0.1) is 0 Å². The van der Waals surface area contributed by atoms with E-state index < -0.39 is 10.0 Å². The van der Waals surface area contributed by atoms with Crippen molar-refractivity contribution < 1.29 is 22.7 Å². The van der Waals surface area contributed by atoms with Crippen molar-refractivity contribution in [1.29, 1.82) is 0 Å². The van der Waals surface area contributed by atoms with Gasteiger partial charge in [-0.05, 0) is 38.1 Å². The topological polar surface area (TPSA) is 84.9 Å².